The molecule has 202 valence electrons. The molecular formula is C26H32ClN7O4. The summed E-state index contributed by atoms with van der Waals surface area (Å²) in [6.45, 7) is 3.49. The van der Waals surface area contributed by atoms with Gasteiger partial charge < -0.3 is 30.1 Å². The van der Waals surface area contributed by atoms with Gasteiger partial charge in [-0.25, -0.2) is 9.97 Å². The molecule has 0 radical (unpaired) electrons. The number of hydrogen-bond donors (Lipinski definition) is 3. The van der Waals surface area contributed by atoms with E-state index < -0.39 is 5.91 Å². The highest BCUT2D eigenvalue weighted by Crippen LogP contribution is 2.31. The highest BCUT2D eigenvalue weighted by Gasteiger charge is 2.30. The van der Waals surface area contributed by atoms with Crippen molar-refractivity contribution in [2.24, 2.45) is 0 Å². The molecule has 0 bridgehead atoms. The van der Waals surface area contributed by atoms with Crippen molar-refractivity contribution in [3.8, 4) is 11.6 Å². The van der Waals surface area contributed by atoms with Crippen LogP contribution in [-0.4, -0.2) is 63.9 Å². The second kappa shape index (κ2) is 13.2. The number of ether oxygens (including phenoxy) is 2. The molecule has 2 aromatic heterocycles. The molecule has 12 heteroatoms. The minimum absolute atomic E-state index is 0.0130. The number of anilines is 2. The lowest BCUT2D eigenvalue weighted by molar-refractivity contribution is 0.0945. The summed E-state index contributed by atoms with van der Waals surface area (Å²) in [7, 11) is 1.56. The third-order valence-corrected chi connectivity index (χ3v) is 6.38. The van der Waals surface area contributed by atoms with E-state index in [9.17, 15) is 9.90 Å². The number of hydrogen-bond acceptors (Lipinski definition) is 10. The van der Waals surface area contributed by atoms with Crippen LogP contribution in [0.3, 0.4) is 0 Å². The zero-order valence-electron chi connectivity index (χ0n) is 21.5. The van der Waals surface area contributed by atoms with Gasteiger partial charge in [0.05, 0.1) is 37.9 Å². The predicted octanol–water partition coefficient (Wildman–Crippen LogP) is 3.22. The van der Waals surface area contributed by atoms with E-state index >= 15 is 0 Å². The number of halogens is 1. The molecule has 1 atom stereocenters. The van der Waals surface area contributed by atoms with Crippen LogP contribution >= 0.6 is 11.6 Å². The Bertz CT molecular complexity index is 1230. The molecule has 1 aliphatic rings. The van der Waals surface area contributed by atoms with Crippen LogP contribution in [-0.2, 0) is 13.1 Å². The zero-order valence-corrected chi connectivity index (χ0v) is 22.2. The van der Waals surface area contributed by atoms with Crippen molar-refractivity contribution in [1.29, 1.82) is 0 Å². The molecule has 0 aliphatic carbocycles. The topological polar surface area (TPSA) is 135 Å². The standard InChI is InChI=1S/C26H32ClN7O4/c1-3-12-38-25-22(24(36)31-15-21-28-9-5-10-29-21)23(30-14-17-7-8-20(37-2)19(27)13-17)32-26(33-25)34-11-4-6-18(34)16-35/h5,7-10,13,18,35H,3-4,6,11-12,14-16H2,1-2H3,(H,31,36)(H,30,32,33)/t18-/m0/s1. The van der Waals surface area contributed by atoms with Crippen LogP contribution in [0, 0.1) is 0 Å². The molecule has 38 heavy (non-hydrogen) atoms. The summed E-state index contributed by atoms with van der Waals surface area (Å²) in [5, 5.41) is 16.5. The summed E-state index contributed by atoms with van der Waals surface area (Å²) in [4.78, 5) is 33.1. The van der Waals surface area contributed by atoms with E-state index in [0.29, 0.717) is 48.1 Å². The van der Waals surface area contributed by atoms with Crippen molar-refractivity contribution < 1.29 is 19.4 Å². The van der Waals surface area contributed by atoms with Crippen LogP contribution in [0.5, 0.6) is 11.6 Å². The maximum atomic E-state index is 13.5. The van der Waals surface area contributed by atoms with E-state index in [1.54, 1.807) is 37.7 Å². The first-order valence-electron chi connectivity index (χ1n) is 12.6. The van der Waals surface area contributed by atoms with E-state index in [-0.39, 0.29) is 30.6 Å². The first kappa shape index (κ1) is 27.3. The summed E-state index contributed by atoms with van der Waals surface area (Å²) in [6, 6.07) is 7.06. The van der Waals surface area contributed by atoms with E-state index in [0.717, 1.165) is 24.8 Å². The van der Waals surface area contributed by atoms with Crippen LogP contribution in [0.15, 0.2) is 36.7 Å². The number of carbonyl (C=O) groups excluding carboxylic acids is 1. The minimum Gasteiger partial charge on any atom is -0.495 e. The maximum absolute atomic E-state index is 13.5. The van der Waals surface area contributed by atoms with Crippen molar-refractivity contribution in [3.05, 3.63) is 58.6 Å². The van der Waals surface area contributed by atoms with Gasteiger partial charge in [-0.1, -0.05) is 24.6 Å². The molecule has 0 spiro atoms. The van der Waals surface area contributed by atoms with Gasteiger partial charge in [0.25, 0.3) is 5.91 Å². The van der Waals surface area contributed by atoms with E-state index in [4.69, 9.17) is 26.1 Å². The van der Waals surface area contributed by atoms with Crippen LogP contribution < -0.4 is 25.0 Å². The normalized spacial score (nSPS) is 14.8. The van der Waals surface area contributed by atoms with Gasteiger partial charge in [-0.15, -0.1) is 0 Å². The van der Waals surface area contributed by atoms with Gasteiger partial charge in [-0.3, -0.25) is 4.79 Å². The highest BCUT2D eigenvalue weighted by molar-refractivity contribution is 6.32. The number of carbonyl (C=O) groups is 1. The highest BCUT2D eigenvalue weighted by atomic mass is 35.5. The van der Waals surface area contributed by atoms with Crippen molar-refractivity contribution >= 4 is 29.3 Å². The van der Waals surface area contributed by atoms with Crippen LogP contribution in [0.4, 0.5) is 11.8 Å². The maximum Gasteiger partial charge on any atom is 0.260 e. The lowest BCUT2D eigenvalue weighted by Gasteiger charge is -2.25. The number of methoxy groups -OCH3 is 1. The SMILES string of the molecule is CCCOc1nc(N2CCC[C@H]2CO)nc(NCc2ccc(OC)c(Cl)c2)c1C(=O)NCc1ncccn1. The summed E-state index contributed by atoms with van der Waals surface area (Å²) < 4.78 is 11.2. The minimum atomic E-state index is -0.425. The molecule has 1 aliphatic heterocycles. The molecule has 0 unspecified atom stereocenters. The number of aromatic nitrogens is 4. The van der Waals surface area contributed by atoms with Crippen LogP contribution in [0.1, 0.15) is 47.9 Å². The van der Waals surface area contributed by atoms with Crippen molar-refractivity contribution in [2.75, 3.05) is 37.1 Å². The fraction of sp³-hybridized carbons (Fsp3) is 0.423. The number of nitrogens with zero attached hydrogens (tertiary/aromatic N) is 5. The molecule has 0 saturated carbocycles. The third kappa shape index (κ3) is 6.59. The molecule has 4 rings (SSSR count). The molecule has 1 amide bonds. The molecule has 3 aromatic rings. The fourth-order valence-electron chi connectivity index (χ4n) is 4.16. The molecule has 3 N–H and O–H groups in total. The third-order valence-electron chi connectivity index (χ3n) is 6.08. The van der Waals surface area contributed by atoms with Gasteiger partial charge >= 0.3 is 0 Å². The number of amides is 1. The monoisotopic (exact) mass is 541 g/mol. The van der Waals surface area contributed by atoms with Gasteiger partial charge in [0, 0.05) is 25.5 Å². The van der Waals surface area contributed by atoms with E-state index in [2.05, 4.69) is 25.6 Å². The second-order valence-electron chi connectivity index (χ2n) is 8.74. The Morgan fingerprint density at radius 3 is 2.76 bits per heavy atom. The molecular weight excluding hydrogens is 510 g/mol. The molecule has 3 heterocycles. The average Bonchev–Trinajstić information content (AvgIpc) is 3.43. The Hall–Kier alpha value is -3.70. The lowest BCUT2D eigenvalue weighted by atomic mass is 10.2. The number of aliphatic hydroxyl groups is 1. The summed E-state index contributed by atoms with van der Waals surface area (Å²) in [5.41, 5.74) is 1.04. The van der Waals surface area contributed by atoms with Crippen molar-refractivity contribution in [1.82, 2.24) is 25.3 Å². The zero-order chi connectivity index (χ0) is 26.9. The van der Waals surface area contributed by atoms with Gasteiger partial charge in [0.2, 0.25) is 11.8 Å². The number of nitrogens with one attached hydrogen (secondary N) is 2. The Morgan fingerprint density at radius 1 is 1.24 bits per heavy atom. The van der Waals surface area contributed by atoms with Gasteiger partial charge in [0.15, 0.2) is 0 Å². The number of rotatable bonds is 12. The average molecular weight is 542 g/mol. The molecule has 1 saturated heterocycles. The van der Waals surface area contributed by atoms with Gasteiger partial charge in [-0.2, -0.15) is 9.97 Å². The largest absolute Gasteiger partial charge is 0.495 e. The summed E-state index contributed by atoms with van der Waals surface area (Å²) >= 11 is 6.31. The predicted molar refractivity (Wildman–Crippen MR) is 144 cm³/mol. The fourth-order valence-corrected chi connectivity index (χ4v) is 4.44. The summed E-state index contributed by atoms with van der Waals surface area (Å²) in [6.07, 6.45) is 5.70. The van der Waals surface area contributed by atoms with Crippen LogP contribution in [0.2, 0.25) is 5.02 Å². The van der Waals surface area contributed by atoms with E-state index in [1.165, 1.54) is 0 Å². The van der Waals surface area contributed by atoms with Crippen LogP contribution in [0.25, 0.3) is 0 Å². The Morgan fingerprint density at radius 2 is 2.05 bits per heavy atom. The van der Waals surface area contributed by atoms with Crippen molar-refractivity contribution in [3.63, 3.8) is 0 Å². The van der Waals surface area contributed by atoms with E-state index in [1.807, 2.05) is 17.9 Å². The lowest BCUT2D eigenvalue weighted by Crippen LogP contribution is -2.34. The number of benzene rings is 1. The first-order chi connectivity index (χ1) is 18.5. The summed E-state index contributed by atoms with van der Waals surface area (Å²) in [5.74, 6) is 1.49. The van der Waals surface area contributed by atoms with Crippen molar-refractivity contribution in [2.45, 2.75) is 45.3 Å². The molecule has 11 nitrogen and oxygen atoms in total. The first-order valence-corrected chi connectivity index (χ1v) is 12.9. The quantitative estimate of drug-likeness (QED) is 0.313. The Balaban J connectivity index is 1.69. The smallest absolute Gasteiger partial charge is 0.260 e. The van der Waals surface area contributed by atoms with Gasteiger partial charge in [-0.05, 0) is 43.0 Å². The Kier molecular flexibility index (Phi) is 9.50. The molecule has 1 fully saturated rings. The Labute approximate surface area is 226 Å². The molecule has 1 aromatic carbocycles. The van der Waals surface area contributed by atoms with Gasteiger partial charge in [0.1, 0.15) is 23.0 Å². The number of aliphatic hydroxyl groups excluding tert-OH is 1. The second-order valence-corrected chi connectivity index (χ2v) is 9.15.